The number of ether oxygens (including phenoxy) is 1. The molecule has 0 unspecified atom stereocenters. The Bertz CT molecular complexity index is 1220. The van der Waals surface area contributed by atoms with E-state index < -0.39 is 29.2 Å². The maximum Gasteiger partial charge on any atom is 0.416 e. The third kappa shape index (κ3) is 4.28. The summed E-state index contributed by atoms with van der Waals surface area (Å²) in [7, 11) is 0. The zero-order chi connectivity index (χ0) is 22.9. The average molecular weight is 444 g/mol. The van der Waals surface area contributed by atoms with E-state index in [9.17, 15) is 27.6 Å². The summed E-state index contributed by atoms with van der Waals surface area (Å²) in [5.41, 5.74) is -1.37. The Morgan fingerprint density at radius 2 is 1.91 bits per heavy atom. The lowest BCUT2D eigenvalue weighted by Crippen LogP contribution is -2.43. The molecule has 3 heterocycles. The minimum Gasteiger partial charge on any atom is -0.371 e. The summed E-state index contributed by atoms with van der Waals surface area (Å²) in [4.78, 5) is 41.5. The first-order chi connectivity index (χ1) is 15.2. The number of hydrogen-bond donors (Lipinski definition) is 1. The molecule has 32 heavy (non-hydrogen) atoms. The molecule has 0 saturated carbocycles. The first-order valence-corrected chi connectivity index (χ1v) is 9.38. The van der Waals surface area contributed by atoms with E-state index in [1.165, 1.54) is 36.7 Å². The van der Waals surface area contributed by atoms with Gasteiger partial charge in [0.15, 0.2) is 5.78 Å². The van der Waals surface area contributed by atoms with Crippen LogP contribution in [0, 0.1) is 0 Å². The number of nitrogens with one attached hydrogen (secondary N) is 1. The van der Waals surface area contributed by atoms with Crippen molar-refractivity contribution in [3.63, 3.8) is 0 Å². The van der Waals surface area contributed by atoms with Crippen molar-refractivity contribution >= 4 is 11.7 Å². The molecule has 1 fully saturated rings. The van der Waals surface area contributed by atoms with Crippen LogP contribution in [0.1, 0.15) is 15.9 Å². The number of aromatic nitrogens is 3. The van der Waals surface area contributed by atoms with Crippen LogP contribution in [-0.4, -0.2) is 45.7 Å². The van der Waals surface area contributed by atoms with Gasteiger partial charge in [-0.1, -0.05) is 12.1 Å². The number of carbonyl (C=O) groups is 2. The fourth-order valence-corrected chi connectivity index (χ4v) is 3.11. The largest absolute Gasteiger partial charge is 0.416 e. The van der Waals surface area contributed by atoms with Gasteiger partial charge >= 0.3 is 6.18 Å². The van der Waals surface area contributed by atoms with Crippen molar-refractivity contribution in [1.29, 1.82) is 0 Å². The molecule has 8 nitrogen and oxygen atoms in total. The number of halogens is 3. The fraction of sp³-hybridized carbons (Fsp3) is 0.190. The Kier molecular flexibility index (Phi) is 5.57. The summed E-state index contributed by atoms with van der Waals surface area (Å²) >= 11 is 0. The van der Waals surface area contributed by atoms with Gasteiger partial charge in [-0.05, 0) is 30.3 Å². The Hall–Kier alpha value is -3.86. The van der Waals surface area contributed by atoms with Gasteiger partial charge in [-0.3, -0.25) is 19.4 Å². The minimum absolute atomic E-state index is 0.0157. The van der Waals surface area contributed by atoms with Crippen LogP contribution in [0.25, 0.3) is 16.9 Å². The van der Waals surface area contributed by atoms with Crippen molar-refractivity contribution < 1.29 is 27.5 Å². The van der Waals surface area contributed by atoms with E-state index in [4.69, 9.17) is 4.74 Å². The molecule has 3 aromatic rings. The third-order valence-electron chi connectivity index (χ3n) is 4.78. The van der Waals surface area contributed by atoms with Gasteiger partial charge in [-0.15, -0.1) is 0 Å². The molecule has 1 aliphatic rings. The number of alkyl halides is 3. The van der Waals surface area contributed by atoms with Crippen LogP contribution >= 0.6 is 0 Å². The van der Waals surface area contributed by atoms with E-state index in [2.05, 4.69) is 15.4 Å². The number of pyridine rings is 1. The number of hydrogen-bond acceptors (Lipinski definition) is 6. The lowest BCUT2D eigenvalue weighted by Gasteiger charge is -2.13. The van der Waals surface area contributed by atoms with Gasteiger partial charge in [-0.2, -0.15) is 23.0 Å². The summed E-state index contributed by atoms with van der Waals surface area (Å²) in [6.45, 7) is -0.157. The van der Waals surface area contributed by atoms with Gasteiger partial charge < -0.3 is 10.1 Å². The van der Waals surface area contributed by atoms with Crippen LogP contribution in [0.2, 0.25) is 0 Å². The molecule has 1 atom stereocenters. The Balaban J connectivity index is 1.80. The first-order valence-electron chi connectivity index (χ1n) is 9.38. The predicted octanol–water partition coefficient (Wildman–Crippen LogP) is 2.01. The lowest BCUT2D eigenvalue weighted by molar-refractivity contribution is -0.137. The lowest BCUT2D eigenvalue weighted by atomic mass is 10.1. The highest BCUT2D eigenvalue weighted by molar-refractivity contribution is 5.99. The molecule has 1 aliphatic heterocycles. The molecule has 2 aromatic heterocycles. The fourth-order valence-electron chi connectivity index (χ4n) is 3.11. The third-order valence-corrected chi connectivity index (χ3v) is 4.78. The number of amides is 1. The van der Waals surface area contributed by atoms with Gasteiger partial charge in [-0.25, -0.2) is 0 Å². The number of Topliss-reactive ketones (excluding diaryl/α,β-unsaturated/α-hetero) is 1. The smallest absolute Gasteiger partial charge is 0.371 e. The van der Waals surface area contributed by atoms with Crippen LogP contribution in [0.5, 0.6) is 0 Å². The van der Waals surface area contributed by atoms with Crippen molar-refractivity contribution in [3.8, 4) is 16.9 Å². The highest BCUT2D eigenvalue weighted by atomic mass is 19.4. The molecule has 1 saturated heterocycles. The van der Waals surface area contributed by atoms with Crippen LogP contribution < -0.4 is 10.9 Å². The molecular weight excluding hydrogens is 429 g/mol. The molecule has 1 N–H and O–H groups in total. The van der Waals surface area contributed by atoms with Crippen molar-refractivity contribution in [1.82, 2.24) is 20.1 Å². The maximum atomic E-state index is 13.0. The predicted molar refractivity (Wildman–Crippen MR) is 105 cm³/mol. The summed E-state index contributed by atoms with van der Waals surface area (Å²) < 4.78 is 44.6. The van der Waals surface area contributed by atoms with Crippen LogP contribution in [0.4, 0.5) is 13.2 Å². The molecule has 0 aliphatic carbocycles. The number of nitrogens with zero attached hydrogens (tertiary/aromatic N) is 3. The van der Waals surface area contributed by atoms with Crippen LogP contribution in [0.15, 0.2) is 59.7 Å². The van der Waals surface area contributed by atoms with Gasteiger partial charge in [0.2, 0.25) is 0 Å². The second-order valence-corrected chi connectivity index (χ2v) is 6.95. The number of ketones is 1. The molecule has 1 aromatic carbocycles. The van der Waals surface area contributed by atoms with E-state index in [0.717, 1.165) is 16.8 Å². The molecule has 1 amide bonds. The molecule has 164 valence electrons. The summed E-state index contributed by atoms with van der Waals surface area (Å²) in [5, 5.41) is 6.66. The number of rotatable bonds is 4. The monoisotopic (exact) mass is 444 g/mol. The van der Waals surface area contributed by atoms with E-state index in [1.807, 2.05) is 0 Å². The molecule has 4 rings (SSSR count). The Morgan fingerprint density at radius 1 is 1.16 bits per heavy atom. The van der Waals surface area contributed by atoms with Gasteiger partial charge in [0.05, 0.1) is 29.7 Å². The maximum absolute atomic E-state index is 13.0. The Morgan fingerprint density at radius 3 is 2.50 bits per heavy atom. The van der Waals surface area contributed by atoms with E-state index in [0.29, 0.717) is 0 Å². The molecule has 0 spiro atoms. The standard InChI is InChI=1S/C21H15F3N4O4/c22-21(23,24)13-5-3-12(4-6-13)16-8-15(19(30)26-17-10-32-11-18(17)29)20(31)28(27-16)14-2-1-7-25-9-14/h1-9,17H,10-11H2,(H,26,30)/t17-/m1/s1. The zero-order valence-electron chi connectivity index (χ0n) is 16.3. The van der Waals surface area contributed by atoms with Crippen molar-refractivity contribution in [3.05, 3.63) is 76.3 Å². The number of carbonyl (C=O) groups excluding carboxylic acids is 2. The van der Waals surface area contributed by atoms with Crippen molar-refractivity contribution in [2.24, 2.45) is 0 Å². The van der Waals surface area contributed by atoms with E-state index in [1.54, 1.807) is 6.07 Å². The summed E-state index contributed by atoms with van der Waals surface area (Å²) in [6.07, 6.45) is -1.68. The highest BCUT2D eigenvalue weighted by Crippen LogP contribution is 2.30. The zero-order valence-corrected chi connectivity index (χ0v) is 16.3. The normalized spacial score (nSPS) is 16.2. The Labute approximate surface area is 178 Å². The van der Waals surface area contributed by atoms with Crippen molar-refractivity contribution in [2.45, 2.75) is 12.2 Å². The van der Waals surface area contributed by atoms with Gasteiger partial charge in [0, 0.05) is 11.8 Å². The quantitative estimate of drug-likeness (QED) is 0.661. The molecule has 0 radical (unpaired) electrons. The highest BCUT2D eigenvalue weighted by Gasteiger charge is 2.31. The molecule has 0 bridgehead atoms. The van der Waals surface area contributed by atoms with Crippen LogP contribution in [-0.2, 0) is 15.7 Å². The SMILES string of the molecule is O=C(N[C@@H]1COCC1=O)c1cc(-c2ccc(C(F)(F)F)cc2)nn(-c2cccnc2)c1=O. The molecular formula is C21H15F3N4O4. The van der Waals surface area contributed by atoms with Crippen molar-refractivity contribution in [2.75, 3.05) is 13.2 Å². The molecule has 11 heteroatoms. The van der Waals surface area contributed by atoms with Gasteiger partial charge in [0.1, 0.15) is 18.2 Å². The average Bonchev–Trinajstić information content (AvgIpc) is 3.18. The van der Waals surface area contributed by atoms with Crippen LogP contribution in [0.3, 0.4) is 0 Å². The van der Waals surface area contributed by atoms with E-state index >= 15 is 0 Å². The van der Waals surface area contributed by atoms with E-state index in [-0.39, 0.29) is 41.5 Å². The second-order valence-electron chi connectivity index (χ2n) is 6.95. The summed E-state index contributed by atoms with van der Waals surface area (Å²) in [6, 6.07) is 7.52. The topological polar surface area (TPSA) is 103 Å². The first kappa shape index (κ1) is 21.4. The summed E-state index contributed by atoms with van der Waals surface area (Å²) in [5.74, 6) is -1.16. The minimum atomic E-state index is -4.51. The second kappa shape index (κ2) is 8.35. The number of benzene rings is 1. The van der Waals surface area contributed by atoms with Gasteiger partial charge in [0.25, 0.3) is 11.5 Å².